The molecule has 0 radical (unpaired) electrons. The van der Waals surface area contributed by atoms with Crippen LogP contribution in [-0.4, -0.2) is 14.3 Å². The van der Waals surface area contributed by atoms with Crippen molar-refractivity contribution in [3.63, 3.8) is 0 Å². The van der Waals surface area contributed by atoms with Gasteiger partial charge in [0, 0.05) is 0 Å². The number of allylic oxidation sites excluding steroid dienone is 1. The number of halogens is 1. The minimum atomic E-state index is -3.58. The molecule has 0 spiro atoms. The molecule has 0 aromatic rings. The molecule has 0 saturated carbocycles. The first-order valence-electron chi connectivity index (χ1n) is 1.75. The summed E-state index contributed by atoms with van der Waals surface area (Å²) in [4.78, 5) is -0.154. The van der Waals surface area contributed by atoms with E-state index in [0.29, 0.717) is 0 Å². The molecule has 0 aromatic carbocycles. The van der Waals surface area contributed by atoms with Gasteiger partial charge in [-0.2, -0.15) is 0 Å². The van der Waals surface area contributed by atoms with Crippen LogP contribution in [-0.2, 0) is 10.0 Å². The van der Waals surface area contributed by atoms with Crippen molar-refractivity contribution in [3.05, 3.63) is 11.5 Å². The van der Waals surface area contributed by atoms with Gasteiger partial charge in [-0.1, -0.05) is 6.58 Å². The third kappa shape index (κ3) is 2.30. The van der Waals surface area contributed by atoms with Gasteiger partial charge in [-0.15, -0.1) is 11.6 Å². The molecule has 0 aliphatic rings. The molecule has 0 rings (SSSR count). The summed E-state index contributed by atoms with van der Waals surface area (Å²) in [7, 11) is -3.58. The maximum Gasteiger partial charge on any atom is 0.234 e. The number of rotatable bonds is 2. The second-order valence-electron chi connectivity index (χ2n) is 1.22. The summed E-state index contributed by atoms with van der Waals surface area (Å²) in [5.74, 6) is -0.140. The lowest BCUT2D eigenvalue weighted by molar-refractivity contribution is 0.604. The number of hydrogen-bond acceptors (Lipinski definition) is 2. The lowest BCUT2D eigenvalue weighted by Gasteiger charge is -1.92. The van der Waals surface area contributed by atoms with Crippen molar-refractivity contribution in [1.29, 1.82) is 0 Å². The Hall–Kier alpha value is -0.0600. The topological polar surface area (TPSA) is 60.2 Å². The molecular weight excluding hydrogens is 150 g/mol. The Morgan fingerprint density at radius 1 is 1.75 bits per heavy atom. The number of sulfonamides is 1. The molecule has 0 atom stereocenters. The smallest absolute Gasteiger partial charge is 0.225 e. The lowest BCUT2D eigenvalue weighted by atomic mass is 10.7. The molecule has 3 nitrogen and oxygen atoms in total. The minimum absolute atomic E-state index is 0.140. The molecule has 0 amide bonds. The molecule has 48 valence electrons. The van der Waals surface area contributed by atoms with E-state index in [1.165, 1.54) is 0 Å². The Bertz CT molecular complexity index is 183. The fourth-order valence-electron chi connectivity index (χ4n) is 0.0760. The average molecular weight is 156 g/mol. The van der Waals surface area contributed by atoms with Crippen molar-refractivity contribution in [3.8, 4) is 0 Å². The predicted molar refractivity (Wildman–Crippen MR) is 33.0 cm³/mol. The summed E-state index contributed by atoms with van der Waals surface area (Å²) >= 11 is 5.08. The van der Waals surface area contributed by atoms with Gasteiger partial charge in [0.1, 0.15) is 0 Å². The number of nitrogens with two attached hydrogens (primary N) is 1. The van der Waals surface area contributed by atoms with Crippen LogP contribution in [0, 0.1) is 0 Å². The molecule has 5 heteroatoms. The molecule has 0 aliphatic heterocycles. The van der Waals surface area contributed by atoms with Gasteiger partial charge in [-0.25, -0.2) is 13.6 Å². The lowest BCUT2D eigenvalue weighted by Crippen LogP contribution is -2.14. The molecule has 0 bridgehead atoms. The number of primary sulfonamides is 1. The highest BCUT2D eigenvalue weighted by Gasteiger charge is 2.05. The molecule has 0 unspecified atom stereocenters. The molecule has 8 heavy (non-hydrogen) atoms. The largest absolute Gasteiger partial charge is 0.234 e. The van der Waals surface area contributed by atoms with E-state index in [1.54, 1.807) is 0 Å². The van der Waals surface area contributed by atoms with Crippen molar-refractivity contribution >= 4 is 21.6 Å². The highest BCUT2D eigenvalue weighted by Crippen LogP contribution is 1.98. The second-order valence-corrected chi connectivity index (χ2v) is 3.15. The molecular formula is C3H6ClNO2S. The van der Waals surface area contributed by atoms with E-state index in [0.717, 1.165) is 0 Å². The summed E-state index contributed by atoms with van der Waals surface area (Å²) in [6.07, 6.45) is 0. The Morgan fingerprint density at radius 2 is 2.12 bits per heavy atom. The van der Waals surface area contributed by atoms with Crippen LogP contribution in [0.4, 0.5) is 0 Å². The molecule has 0 heterocycles. The van der Waals surface area contributed by atoms with Crippen molar-refractivity contribution in [1.82, 2.24) is 0 Å². The monoisotopic (exact) mass is 155 g/mol. The Balaban J connectivity index is 4.29. The first-order valence-corrected chi connectivity index (χ1v) is 3.83. The first kappa shape index (κ1) is 7.94. The highest BCUT2D eigenvalue weighted by molar-refractivity contribution is 7.93. The zero-order chi connectivity index (χ0) is 6.78. The molecule has 0 fully saturated rings. The van der Waals surface area contributed by atoms with E-state index in [4.69, 9.17) is 11.6 Å². The van der Waals surface area contributed by atoms with Crippen LogP contribution in [0.15, 0.2) is 11.5 Å². The van der Waals surface area contributed by atoms with Gasteiger partial charge in [0.2, 0.25) is 10.0 Å². The second kappa shape index (κ2) is 2.48. The summed E-state index contributed by atoms with van der Waals surface area (Å²) in [5, 5.41) is 4.58. The van der Waals surface area contributed by atoms with Crippen molar-refractivity contribution in [2.45, 2.75) is 0 Å². The van der Waals surface area contributed by atoms with Crippen LogP contribution in [0.5, 0.6) is 0 Å². The quantitative estimate of drug-likeness (QED) is 0.572. The average Bonchev–Trinajstić information content (AvgIpc) is 1.62. The van der Waals surface area contributed by atoms with Crippen LogP contribution >= 0.6 is 11.6 Å². The van der Waals surface area contributed by atoms with E-state index in [-0.39, 0.29) is 10.8 Å². The van der Waals surface area contributed by atoms with Crippen LogP contribution in [0.2, 0.25) is 0 Å². The Kier molecular flexibility index (Phi) is 2.46. The summed E-state index contributed by atoms with van der Waals surface area (Å²) < 4.78 is 20.3. The fourth-order valence-corrected chi connectivity index (χ4v) is 0.684. The fraction of sp³-hybridized carbons (Fsp3) is 0.333. The van der Waals surface area contributed by atoms with Crippen LogP contribution in [0.3, 0.4) is 0 Å². The van der Waals surface area contributed by atoms with Gasteiger partial charge in [0.15, 0.2) is 0 Å². The van der Waals surface area contributed by atoms with Crippen LogP contribution in [0.1, 0.15) is 0 Å². The Morgan fingerprint density at radius 3 is 2.12 bits per heavy atom. The zero-order valence-corrected chi connectivity index (χ0v) is 5.67. The maximum atomic E-state index is 10.2. The van der Waals surface area contributed by atoms with Crippen molar-refractivity contribution in [2.24, 2.45) is 5.14 Å². The summed E-state index contributed by atoms with van der Waals surface area (Å²) in [6, 6.07) is 0. The van der Waals surface area contributed by atoms with E-state index in [1.807, 2.05) is 0 Å². The van der Waals surface area contributed by atoms with E-state index in [2.05, 4.69) is 11.7 Å². The zero-order valence-electron chi connectivity index (χ0n) is 4.09. The number of alkyl halides is 1. The predicted octanol–water partition coefficient (Wildman–Crippen LogP) is 0.0274. The third-order valence-electron chi connectivity index (χ3n) is 0.551. The van der Waals surface area contributed by atoms with Gasteiger partial charge in [0.25, 0.3) is 0 Å². The standard InChI is InChI=1S/C3H6ClNO2S/c1-3(2-4)8(5,6)7/h1-2H2,(H2,5,6,7). The van der Waals surface area contributed by atoms with Gasteiger partial charge in [-0.3, -0.25) is 0 Å². The van der Waals surface area contributed by atoms with Gasteiger partial charge in [0.05, 0.1) is 10.8 Å². The summed E-state index contributed by atoms with van der Waals surface area (Å²) in [6.45, 7) is 3.10. The van der Waals surface area contributed by atoms with E-state index >= 15 is 0 Å². The number of hydrogen-bond donors (Lipinski definition) is 1. The SMILES string of the molecule is C=C(CCl)S(N)(=O)=O. The Labute approximate surface area is 53.2 Å². The molecule has 0 aliphatic carbocycles. The molecule has 2 N–H and O–H groups in total. The third-order valence-corrected chi connectivity index (χ3v) is 1.98. The van der Waals surface area contributed by atoms with Crippen LogP contribution < -0.4 is 5.14 Å². The van der Waals surface area contributed by atoms with E-state index < -0.39 is 10.0 Å². The maximum absolute atomic E-state index is 10.2. The van der Waals surface area contributed by atoms with Gasteiger partial charge in [-0.05, 0) is 0 Å². The van der Waals surface area contributed by atoms with Gasteiger partial charge >= 0.3 is 0 Å². The van der Waals surface area contributed by atoms with Gasteiger partial charge < -0.3 is 0 Å². The highest BCUT2D eigenvalue weighted by atomic mass is 35.5. The van der Waals surface area contributed by atoms with Crippen molar-refractivity contribution in [2.75, 3.05) is 5.88 Å². The summed E-state index contributed by atoms with van der Waals surface area (Å²) in [5.41, 5.74) is 0. The first-order chi connectivity index (χ1) is 3.48. The minimum Gasteiger partial charge on any atom is -0.225 e. The van der Waals surface area contributed by atoms with Crippen molar-refractivity contribution < 1.29 is 8.42 Å². The van der Waals surface area contributed by atoms with E-state index in [9.17, 15) is 8.42 Å². The normalized spacial score (nSPS) is 11.2. The molecule has 0 aromatic heterocycles. The molecule has 0 saturated heterocycles. The van der Waals surface area contributed by atoms with Crippen LogP contribution in [0.25, 0.3) is 0 Å².